The Morgan fingerprint density at radius 2 is 1.24 bits per heavy atom. The number of rotatable bonds is 3. The first-order valence-electron chi connectivity index (χ1n) is 12.7. The van der Waals surface area contributed by atoms with Crippen LogP contribution in [0.5, 0.6) is 0 Å². The van der Waals surface area contributed by atoms with Crippen molar-refractivity contribution in [3.05, 3.63) is 111 Å². The molecule has 2 heterocycles. The van der Waals surface area contributed by atoms with Crippen LogP contribution >= 0.6 is 23.2 Å². The van der Waals surface area contributed by atoms with Gasteiger partial charge in [0.2, 0.25) is 0 Å². The second-order valence-electron chi connectivity index (χ2n) is 10.9. The zero-order valence-corrected chi connectivity index (χ0v) is 23.6. The Kier molecular flexibility index (Phi) is 5.86. The summed E-state index contributed by atoms with van der Waals surface area (Å²) in [6, 6.07) is 25.1. The molecule has 0 spiro atoms. The van der Waals surface area contributed by atoms with Gasteiger partial charge in [-0.05, 0) is 84.5 Å². The third-order valence-electron chi connectivity index (χ3n) is 7.21. The standard InChI is InChI=1S/C32H29Cl2N3O/c1-19-14-25-26-15-20(2)28(34)17-30(26)36(29(25)16-27(19)33)23-10-12-24(13-11-23)37-35-18-31(38-37)21-6-8-22(9-7-21)32(3,4)5/h6-18,35H,1-5H3. The van der Waals surface area contributed by atoms with Crippen LogP contribution < -0.4 is 10.6 Å². The maximum absolute atomic E-state index is 6.57. The molecule has 0 saturated heterocycles. The van der Waals surface area contributed by atoms with Gasteiger partial charge in [0.15, 0.2) is 5.76 Å². The van der Waals surface area contributed by atoms with Gasteiger partial charge in [0.1, 0.15) is 0 Å². The highest BCUT2D eigenvalue weighted by Gasteiger charge is 2.20. The van der Waals surface area contributed by atoms with E-state index in [1.54, 1.807) is 5.17 Å². The van der Waals surface area contributed by atoms with Crippen LogP contribution in [0.1, 0.15) is 43.0 Å². The monoisotopic (exact) mass is 541 g/mol. The first kappa shape index (κ1) is 24.7. The van der Waals surface area contributed by atoms with Crippen LogP contribution in [0, 0.1) is 13.8 Å². The van der Waals surface area contributed by atoms with Gasteiger partial charge in [-0.3, -0.25) is 5.43 Å². The predicted octanol–water partition coefficient (Wildman–Crippen LogP) is 9.26. The first-order valence-corrected chi connectivity index (χ1v) is 13.4. The molecule has 5 aromatic rings. The molecule has 4 nitrogen and oxygen atoms in total. The molecular weight excluding hydrogens is 513 g/mol. The Morgan fingerprint density at radius 1 is 0.711 bits per heavy atom. The summed E-state index contributed by atoms with van der Waals surface area (Å²) in [5.74, 6) is 0.770. The van der Waals surface area contributed by atoms with E-state index in [4.69, 9.17) is 28.0 Å². The second kappa shape index (κ2) is 9.00. The van der Waals surface area contributed by atoms with Gasteiger partial charge >= 0.3 is 0 Å². The third-order valence-corrected chi connectivity index (χ3v) is 8.02. The Hall–Kier alpha value is -3.60. The zero-order chi connectivity index (χ0) is 26.8. The lowest BCUT2D eigenvalue weighted by Gasteiger charge is -2.20. The van der Waals surface area contributed by atoms with E-state index in [0.29, 0.717) is 0 Å². The Bertz CT molecular complexity index is 1660. The lowest BCUT2D eigenvalue weighted by atomic mass is 9.86. The molecule has 6 heteroatoms. The minimum Gasteiger partial charge on any atom is -0.357 e. The fourth-order valence-electron chi connectivity index (χ4n) is 4.95. The minimum atomic E-state index is 0.111. The molecule has 0 saturated carbocycles. The molecule has 0 atom stereocenters. The minimum absolute atomic E-state index is 0.111. The van der Waals surface area contributed by atoms with E-state index in [0.717, 1.165) is 65.7 Å². The molecule has 192 valence electrons. The van der Waals surface area contributed by atoms with E-state index in [9.17, 15) is 0 Å². The summed E-state index contributed by atoms with van der Waals surface area (Å²) in [7, 11) is 0. The number of benzene rings is 4. The molecule has 1 aliphatic heterocycles. The number of fused-ring (bicyclic) bond motifs is 3. The number of aryl methyl sites for hydroxylation is 2. The smallest absolute Gasteiger partial charge is 0.182 e. The van der Waals surface area contributed by atoms with Crippen molar-refractivity contribution in [2.75, 3.05) is 5.17 Å². The van der Waals surface area contributed by atoms with E-state index in [-0.39, 0.29) is 5.41 Å². The average molecular weight is 543 g/mol. The highest BCUT2D eigenvalue weighted by atomic mass is 35.5. The number of hydrazine groups is 1. The summed E-state index contributed by atoms with van der Waals surface area (Å²) in [5.41, 5.74) is 11.7. The summed E-state index contributed by atoms with van der Waals surface area (Å²) in [6.45, 7) is 10.7. The highest BCUT2D eigenvalue weighted by molar-refractivity contribution is 6.33. The molecule has 1 aromatic heterocycles. The van der Waals surface area contributed by atoms with E-state index in [2.05, 4.69) is 79.3 Å². The number of hydrogen-bond donors (Lipinski definition) is 1. The van der Waals surface area contributed by atoms with Gasteiger partial charge in [-0.15, -0.1) is 5.17 Å². The maximum Gasteiger partial charge on any atom is 0.182 e. The van der Waals surface area contributed by atoms with Crippen LogP contribution in [0.15, 0.2) is 79.0 Å². The second-order valence-corrected chi connectivity index (χ2v) is 11.8. The molecule has 0 radical (unpaired) electrons. The maximum atomic E-state index is 6.57. The van der Waals surface area contributed by atoms with Crippen LogP contribution in [0.4, 0.5) is 5.69 Å². The zero-order valence-electron chi connectivity index (χ0n) is 22.1. The van der Waals surface area contributed by atoms with Crippen LogP contribution in [-0.2, 0) is 10.3 Å². The summed E-state index contributed by atoms with van der Waals surface area (Å²) >= 11 is 13.1. The molecule has 0 fully saturated rings. The van der Waals surface area contributed by atoms with Crippen molar-refractivity contribution in [2.45, 2.75) is 40.0 Å². The fourth-order valence-corrected chi connectivity index (χ4v) is 5.27. The predicted molar refractivity (Wildman–Crippen MR) is 160 cm³/mol. The number of anilines is 1. The molecule has 0 unspecified atom stereocenters. The number of nitrogens with one attached hydrogen (secondary N) is 1. The topological polar surface area (TPSA) is 29.4 Å². The lowest BCUT2D eigenvalue weighted by molar-refractivity contribution is 0.243. The van der Waals surface area contributed by atoms with Gasteiger partial charge in [0, 0.05) is 32.1 Å². The van der Waals surface area contributed by atoms with Gasteiger partial charge in [-0.25, -0.2) is 0 Å². The summed E-state index contributed by atoms with van der Waals surface area (Å²) in [6.07, 6.45) is 1.88. The van der Waals surface area contributed by atoms with Crippen molar-refractivity contribution in [2.24, 2.45) is 0 Å². The SMILES string of the molecule is Cc1cc2c3cc(C)c(Cl)cc3n(-c3ccc(N4NC=C(c5ccc(C(C)(C)C)cc5)O4)cc3)c2cc1Cl. The van der Waals surface area contributed by atoms with Gasteiger partial charge in [0.05, 0.1) is 22.9 Å². The van der Waals surface area contributed by atoms with Gasteiger partial charge in [-0.2, -0.15) is 0 Å². The molecule has 0 bridgehead atoms. The molecule has 0 amide bonds. The average Bonchev–Trinajstić information content (AvgIpc) is 3.48. The third kappa shape index (κ3) is 4.18. The van der Waals surface area contributed by atoms with Gasteiger partial charge in [-0.1, -0.05) is 68.2 Å². The van der Waals surface area contributed by atoms with E-state index in [1.807, 2.05) is 44.3 Å². The van der Waals surface area contributed by atoms with Crippen molar-refractivity contribution in [3.63, 3.8) is 0 Å². The highest BCUT2D eigenvalue weighted by Crippen LogP contribution is 2.38. The lowest BCUT2D eigenvalue weighted by Crippen LogP contribution is -2.28. The molecule has 1 N–H and O–H groups in total. The van der Waals surface area contributed by atoms with Crippen LogP contribution in [-0.4, -0.2) is 4.57 Å². The Labute approximate surface area is 233 Å². The van der Waals surface area contributed by atoms with Crippen molar-refractivity contribution in [1.82, 2.24) is 9.99 Å². The fraction of sp³-hybridized carbons (Fsp3) is 0.188. The normalized spacial score (nSPS) is 13.7. The van der Waals surface area contributed by atoms with Crippen molar-refractivity contribution >= 4 is 56.5 Å². The van der Waals surface area contributed by atoms with Crippen LogP contribution in [0.3, 0.4) is 0 Å². The first-order chi connectivity index (χ1) is 18.1. The molecule has 38 heavy (non-hydrogen) atoms. The number of nitrogens with zero attached hydrogens (tertiary/aromatic N) is 2. The van der Waals surface area contributed by atoms with Crippen molar-refractivity contribution < 1.29 is 4.84 Å². The largest absolute Gasteiger partial charge is 0.357 e. The van der Waals surface area contributed by atoms with E-state index >= 15 is 0 Å². The van der Waals surface area contributed by atoms with Crippen LogP contribution in [0.2, 0.25) is 10.0 Å². The van der Waals surface area contributed by atoms with Crippen LogP contribution in [0.25, 0.3) is 33.3 Å². The molecule has 0 aliphatic carbocycles. The molecule has 4 aromatic carbocycles. The summed E-state index contributed by atoms with van der Waals surface area (Å²) in [4.78, 5) is 6.13. The summed E-state index contributed by atoms with van der Waals surface area (Å²) < 4.78 is 2.21. The van der Waals surface area contributed by atoms with Crippen molar-refractivity contribution in [3.8, 4) is 5.69 Å². The number of halogens is 2. The molecule has 6 rings (SSSR count). The number of hydrogen-bond acceptors (Lipinski definition) is 3. The molecule has 1 aliphatic rings. The Morgan fingerprint density at radius 3 is 1.76 bits per heavy atom. The van der Waals surface area contributed by atoms with E-state index < -0.39 is 0 Å². The summed E-state index contributed by atoms with van der Waals surface area (Å²) in [5, 5.41) is 5.46. The van der Waals surface area contributed by atoms with Crippen molar-refractivity contribution in [1.29, 1.82) is 0 Å². The number of aromatic nitrogens is 1. The van der Waals surface area contributed by atoms with Gasteiger partial charge in [0.25, 0.3) is 0 Å². The molecular formula is C32H29Cl2N3O. The van der Waals surface area contributed by atoms with E-state index in [1.165, 1.54) is 5.56 Å². The Balaban J connectivity index is 1.32. The quantitative estimate of drug-likeness (QED) is 0.246. The van der Waals surface area contributed by atoms with Gasteiger partial charge < -0.3 is 9.40 Å².